The van der Waals surface area contributed by atoms with Gasteiger partial charge in [0.15, 0.2) is 5.17 Å². The molecule has 0 spiro atoms. The van der Waals surface area contributed by atoms with E-state index in [1.54, 1.807) is 0 Å². The zero-order valence-corrected chi connectivity index (χ0v) is 21.6. The topological polar surface area (TPSA) is 45.8 Å². The quantitative estimate of drug-likeness (QED) is 0.379. The fraction of sp³-hybridized carbons (Fsp3) is 0.481. The fourth-order valence-corrected chi connectivity index (χ4v) is 6.91. The Kier molecular flexibility index (Phi) is 7.12. The molecule has 3 aliphatic rings. The summed E-state index contributed by atoms with van der Waals surface area (Å²) in [6.07, 6.45) is 13.8. The third-order valence-corrected chi connectivity index (χ3v) is 8.59. The van der Waals surface area contributed by atoms with E-state index in [9.17, 15) is 4.79 Å². The molecule has 0 bridgehead atoms. The van der Waals surface area contributed by atoms with Crippen molar-refractivity contribution < 1.29 is 9.21 Å². The SMILES string of the molecule is Cc1ccc(-c2ccc(/C=C3\SC(=NC4CCCCC4)N(C4CCCCC4)C3=O)o2)c(Br)c1. The van der Waals surface area contributed by atoms with Crippen LogP contribution in [0.15, 0.2) is 49.1 Å². The zero-order valence-electron chi connectivity index (χ0n) is 19.2. The average molecular weight is 528 g/mol. The number of carbonyl (C=O) groups is 1. The highest BCUT2D eigenvalue weighted by atomic mass is 79.9. The first-order valence-corrected chi connectivity index (χ1v) is 13.9. The lowest BCUT2D eigenvalue weighted by molar-refractivity contribution is -0.124. The molecule has 1 aromatic heterocycles. The summed E-state index contributed by atoms with van der Waals surface area (Å²) < 4.78 is 7.14. The van der Waals surface area contributed by atoms with Crippen molar-refractivity contribution in [2.75, 3.05) is 0 Å². The summed E-state index contributed by atoms with van der Waals surface area (Å²) in [5.74, 6) is 1.59. The molecular formula is C27H31BrN2O2S. The molecular weight excluding hydrogens is 496 g/mol. The van der Waals surface area contributed by atoms with Crippen LogP contribution in [0, 0.1) is 6.92 Å². The molecule has 0 N–H and O–H groups in total. The Hall–Kier alpha value is -1.79. The summed E-state index contributed by atoms with van der Waals surface area (Å²) in [6, 6.07) is 10.8. The van der Waals surface area contributed by atoms with E-state index in [4.69, 9.17) is 9.41 Å². The van der Waals surface area contributed by atoms with E-state index in [1.165, 1.54) is 55.9 Å². The Morgan fingerprint density at radius 3 is 2.48 bits per heavy atom. The van der Waals surface area contributed by atoms with Crippen molar-refractivity contribution >= 4 is 44.8 Å². The first-order chi connectivity index (χ1) is 16.1. The van der Waals surface area contributed by atoms with Gasteiger partial charge in [0, 0.05) is 22.2 Å². The minimum Gasteiger partial charge on any atom is -0.457 e. The van der Waals surface area contributed by atoms with Gasteiger partial charge in [0.2, 0.25) is 0 Å². The van der Waals surface area contributed by atoms with Crippen LogP contribution in [0.25, 0.3) is 17.4 Å². The summed E-state index contributed by atoms with van der Waals surface area (Å²) in [7, 11) is 0. The molecule has 2 heterocycles. The van der Waals surface area contributed by atoms with Gasteiger partial charge in [-0.1, -0.05) is 60.5 Å². The molecule has 1 aromatic carbocycles. The normalized spacial score (nSPS) is 23.2. The predicted octanol–water partition coefficient (Wildman–Crippen LogP) is 7.96. The molecule has 5 rings (SSSR count). The van der Waals surface area contributed by atoms with Crippen molar-refractivity contribution in [1.29, 1.82) is 0 Å². The van der Waals surface area contributed by atoms with Gasteiger partial charge >= 0.3 is 0 Å². The highest BCUT2D eigenvalue weighted by molar-refractivity contribution is 9.10. The molecule has 1 amide bonds. The van der Waals surface area contributed by atoms with Crippen LogP contribution in [0.4, 0.5) is 0 Å². The van der Waals surface area contributed by atoms with E-state index in [-0.39, 0.29) is 11.9 Å². The van der Waals surface area contributed by atoms with Crippen LogP contribution in [-0.2, 0) is 4.79 Å². The summed E-state index contributed by atoms with van der Waals surface area (Å²) in [5.41, 5.74) is 2.21. The maximum Gasteiger partial charge on any atom is 0.267 e. The molecule has 1 aliphatic heterocycles. The number of amides is 1. The number of aryl methyl sites for hydroxylation is 1. The minimum atomic E-state index is 0.0934. The first-order valence-electron chi connectivity index (χ1n) is 12.3. The molecule has 174 valence electrons. The second-order valence-corrected chi connectivity index (χ2v) is 11.3. The van der Waals surface area contributed by atoms with E-state index < -0.39 is 0 Å². The summed E-state index contributed by atoms with van der Waals surface area (Å²) >= 11 is 5.18. The molecule has 2 aromatic rings. The Morgan fingerprint density at radius 2 is 1.76 bits per heavy atom. The number of carbonyl (C=O) groups excluding carboxylic acids is 1. The lowest BCUT2D eigenvalue weighted by Gasteiger charge is -2.31. The van der Waals surface area contributed by atoms with Gasteiger partial charge in [-0.05, 0) is 74.2 Å². The lowest BCUT2D eigenvalue weighted by atomic mass is 9.94. The van der Waals surface area contributed by atoms with Crippen LogP contribution in [0.1, 0.15) is 75.5 Å². The van der Waals surface area contributed by atoms with E-state index in [0.717, 1.165) is 51.6 Å². The monoisotopic (exact) mass is 526 g/mol. The second-order valence-electron chi connectivity index (χ2n) is 9.47. The van der Waals surface area contributed by atoms with Gasteiger partial charge in [-0.2, -0.15) is 0 Å². The van der Waals surface area contributed by atoms with Crippen LogP contribution in [0.2, 0.25) is 0 Å². The zero-order chi connectivity index (χ0) is 22.8. The van der Waals surface area contributed by atoms with E-state index in [0.29, 0.717) is 11.8 Å². The molecule has 1 saturated heterocycles. The third-order valence-electron chi connectivity index (χ3n) is 6.93. The number of hydrogen-bond donors (Lipinski definition) is 0. The van der Waals surface area contributed by atoms with Crippen LogP contribution in [0.3, 0.4) is 0 Å². The summed E-state index contributed by atoms with van der Waals surface area (Å²) in [5, 5.41) is 0.915. The standard InChI is InChI=1S/C27H31BrN2O2S/c1-18-12-14-22(23(28)16-18)24-15-13-21(32-24)17-25-26(31)30(20-10-6-3-7-11-20)27(33-25)29-19-8-4-2-5-9-19/h12-17,19-20H,2-11H2,1H3/b25-17-,29-27?. The number of hydrogen-bond acceptors (Lipinski definition) is 4. The van der Waals surface area contributed by atoms with Crippen LogP contribution in [-0.4, -0.2) is 28.1 Å². The minimum absolute atomic E-state index is 0.0934. The van der Waals surface area contributed by atoms with Gasteiger partial charge in [-0.25, -0.2) is 0 Å². The molecule has 0 unspecified atom stereocenters. The largest absolute Gasteiger partial charge is 0.457 e. The van der Waals surface area contributed by atoms with Crippen molar-refractivity contribution in [3.05, 3.63) is 51.0 Å². The van der Waals surface area contributed by atoms with E-state index in [2.05, 4.69) is 41.1 Å². The van der Waals surface area contributed by atoms with Gasteiger partial charge in [0.25, 0.3) is 5.91 Å². The Morgan fingerprint density at radius 1 is 1.03 bits per heavy atom. The Bertz CT molecular complexity index is 1080. The molecule has 2 aliphatic carbocycles. The number of thioether (sulfide) groups is 1. The fourth-order valence-electron chi connectivity index (χ4n) is 5.13. The van der Waals surface area contributed by atoms with Crippen molar-refractivity contribution in [2.45, 2.75) is 83.2 Å². The van der Waals surface area contributed by atoms with Gasteiger partial charge < -0.3 is 4.42 Å². The van der Waals surface area contributed by atoms with Crippen molar-refractivity contribution in [1.82, 2.24) is 4.90 Å². The summed E-state index contributed by atoms with van der Waals surface area (Å²) in [4.78, 5) is 21.4. The van der Waals surface area contributed by atoms with Crippen molar-refractivity contribution in [3.8, 4) is 11.3 Å². The molecule has 6 heteroatoms. The number of rotatable bonds is 4. The molecule has 3 fully saturated rings. The number of nitrogens with zero attached hydrogens (tertiary/aromatic N) is 2. The molecule has 2 saturated carbocycles. The molecule has 0 radical (unpaired) electrons. The summed E-state index contributed by atoms with van der Waals surface area (Å²) in [6.45, 7) is 2.07. The van der Waals surface area contributed by atoms with Gasteiger partial charge in [0.05, 0.1) is 10.9 Å². The Balaban J connectivity index is 1.42. The van der Waals surface area contributed by atoms with E-state index in [1.807, 2.05) is 23.1 Å². The lowest BCUT2D eigenvalue weighted by Crippen LogP contribution is -2.41. The van der Waals surface area contributed by atoms with Crippen LogP contribution >= 0.6 is 27.7 Å². The number of benzene rings is 1. The molecule has 4 nitrogen and oxygen atoms in total. The highest BCUT2D eigenvalue weighted by Crippen LogP contribution is 2.39. The van der Waals surface area contributed by atoms with E-state index >= 15 is 0 Å². The van der Waals surface area contributed by atoms with Crippen molar-refractivity contribution in [2.24, 2.45) is 4.99 Å². The number of furan rings is 1. The smallest absolute Gasteiger partial charge is 0.267 e. The Labute approximate surface area is 209 Å². The third kappa shape index (κ3) is 5.17. The molecule has 0 atom stereocenters. The second kappa shape index (κ2) is 10.2. The maximum atomic E-state index is 13.5. The maximum absolute atomic E-state index is 13.5. The van der Waals surface area contributed by atoms with Crippen molar-refractivity contribution in [3.63, 3.8) is 0 Å². The number of halogens is 1. The molecule has 33 heavy (non-hydrogen) atoms. The van der Waals surface area contributed by atoms with Gasteiger partial charge in [-0.3, -0.25) is 14.7 Å². The van der Waals surface area contributed by atoms with Gasteiger partial charge in [0.1, 0.15) is 11.5 Å². The average Bonchev–Trinajstić information content (AvgIpc) is 3.40. The number of aliphatic imine (C=N–C) groups is 1. The number of amidine groups is 1. The van der Waals surface area contributed by atoms with Crippen LogP contribution in [0.5, 0.6) is 0 Å². The highest BCUT2D eigenvalue weighted by Gasteiger charge is 2.39. The first kappa shape index (κ1) is 23.0. The predicted molar refractivity (Wildman–Crippen MR) is 140 cm³/mol. The van der Waals surface area contributed by atoms with Crippen LogP contribution < -0.4 is 0 Å². The van der Waals surface area contributed by atoms with Gasteiger partial charge in [-0.15, -0.1) is 0 Å².